The predicted molar refractivity (Wildman–Crippen MR) is 97.8 cm³/mol. The molecule has 0 saturated heterocycles. The highest BCUT2D eigenvalue weighted by molar-refractivity contribution is 5.85. The van der Waals surface area contributed by atoms with Crippen LogP contribution in [0.2, 0.25) is 0 Å². The van der Waals surface area contributed by atoms with Gasteiger partial charge in [0.05, 0.1) is 24.3 Å². The van der Waals surface area contributed by atoms with Crippen molar-refractivity contribution in [2.24, 2.45) is 0 Å². The summed E-state index contributed by atoms with van der Waals surface area (Å²) in [7, 11) is 0. The van der Waals surface area contributed by atoms with E-state index in [2.05, 4.69) is 56.7 Å². The van der Waals surface area contributed by atoms with Crippen molar-refractivity contribution in [3.8, 4) is 0 Å². The topological polar surface area (TPSA) is 75.7 Å². The predicted octanol–water partition coefficient (Wildman–Crippen LogP) is 3.20. The second kappa shape index (κ2) is 7.37. The van der Waals surface area contributed by atoms with E-state index < -0.39 is 6.17 Å². The summed E-state index contributed by atoms with van der Waals surface area (Å²) in [4.78, 5) is 8.37. The summed E-state index contributed by atoms with van der Waals surface area (Å²) >= 11 is 0. The SMILES string of the molecule is Cc1ccc(CCO[C@@H]2CC(Nc3ncnc4[nH]ncc34)CC2F)cc1. The number of ether oxygens (including phenoxy) is 1. The van der Waals surface area contributed by atoms with E-state index in [1.807, 2.05) is 0 Å². The molecule has 2 unspecified atom stereocenters. The van der Waals surface area contributed by atoms with Crippen LogP contribution in [0.15, 0.2) is 36.8 Å². The third-order valence-corrected chi connectivity index (χ3v) is 4.86. The van der Waals surface area contributed by atoms with Crippen LogP contribution in [0.5, 0.6) is 0 Å². The average Bonchev–Trinajstić information content (AvgIpc) is 3.24. The number of H-pyrrole nitrogens is 1. The molecule has 0 bridgehead atoms. The molecule has 1 saturated carbocycles. The summed E-state index contributed by atoms with van der Waals surface area (Å²) < 4.78 is 20.2. The molecule has 6 nitrogen and oxygen atoms in total. The average molecular weight is 355 g/mol. The lowest BCUT2D eigenvalue weighted by Crippen LogP contribution is -2.21. The van der Waals surface area contributed by atoms with Crippen molar-refractivity contribution >= 4 is 16.9 Å². The van der Waals surface area contributed by atoms with Gasteiger partial charge in [0.2, 0.25) is 0 Å². The number of nitrogens with zero attached hydrogens (tertiary/aromatic N) is 3. The molecule has 1 aliphatic rings. The first-order chi connectivity index (χ1) is 12.7. The highest BCUT2D eigenvalue weighted by Gasteiger charge is 2.35. The van der Waals surface area contributed by atoms with Crippen LogP contribution in [0.3, 0.4) is 0 Å². The number of hydrogen-bond acceptors (Lipinski definition) is 5. The van der Waals surface area contributed by atoms with E-state index in [-0.39, 0.29) is 12.1 Å². The van der Waals surface area contributed by atoms with Crippen molar-refractivity contribution in [3.63, 3.8) is 0 Å². The fourth-order valence-electron chi connectivity index (χ4n) is 3.39. The minimum Gasteiger partial charge on any atom is -0.375 e. The molecule has 2 aromatic heterocycles. The molecule has 0 aliphatic heterocycles. The zero-order chi connectivity index (χ0) is 17.9. The lowest BCUT2D eigenvalue weighted by atomic mass is 10.1. The zero-order valence-electron chi connectivity index (χ0n) is 14.7. The number of rotatable bonds is 6. The van der Waals surface area contributed by atoms with Crippen molar-refractivity contribution in [3.05, 3.63) is 47.9 Å². The summed E-state index contributed by atoms with van der Waals surface area (Å²) in [5.41, 5.74) is 3.12. The van der Waals surface area contributed by atoms with Crippen LogP contribution in [-0.2, 0) is 11.2 Å². The number of aryl methyl sites for hydroxylation is 1. The number of hydrogen-bond donors (Lipinski definition) is 2. The van der Waals surface area contributed by atoms with Gasteiger partial charge >= 0.3 is 0 Å². The fourth-order valence-corrected chi connectivity index (χ4v) is 3.39. The molecule has 0 amide bonds. The number of nitrogens with one attached hydrogen (secondary N) is 2. The Labute approximate surface area is 151 Å². The maximum Gasteiger partial charge on any atom is 0.160 e. The van der Waals surface area contributed by atoms with Crippen molar-refractivity contribution in [2.75, 3.05) is 11.9 Å². The first-order valence-electron chi connectivity index (χ1n) is 8.91. The molecule has 26 heavy (non-hydrogen) atoms. The van der Waals surface area contributed by atoms with E-state index in [4.69, 9.17) is 4.74 Å². The van der Waals surface area contributed by atoms with Crippen LogP contribution in [0, 0.1) is 6.92 Å². The van der Waals surface area contributed by atoms with E-state index in [9.17, 15) is 4.39 Å². The Bertz CT molecular complexity index is 866. The van der Waals surface area contributed by atoms with Crippen molar-refractivity contribution in [1.29, 1.82) is 0 Å². The lowest BCUT2D eigenvalue weighted by molar-refractivity contribution is 0.0163. The molecule has 1 aromatic carbocycles. The molecule has 7 heteroatoms. The molecular weight excluding hydrogens is 333 g/mol. The summed E-state index contributed by atoms with van der Waals surface area (Å²) in [6.45, 7) is 2.59. The number of aromatic amines is 1. The maximum atomic E-state index is 14.4. The minimum atomic E-state index is -0.966. The minimum absolute atomic E-state index is 0.0117. The molecule has 2 heterocycles. The molecular formula is C19H22FN5O. The summed E-state index contributed by atoms with van der Waals surface area (Å²) in [5.74, 6) is 0.682. The highest BCUT2D eigenvalue weighted by atomic mass is 19.1. The number of halogens is 1. The zero-order valence-corrected chi connectivity index (χ0v) is 14.7. The third-order valence-electron chi connectivity index (χ3n) is 4.86. The van der Waals surface area contributed by atoms with Gasteiger partial charge in [0.15, 0.2) is 5.65 Å². The number of fused-ring (bicyclic) bond motifs is 1. The summed E-state index contributed by atoms with van der Waals surface area (Å²) in [6, 6.07) is 8.34. The number of benzene rings is 1. The molecule has 1 fully saturated rings. The van der Waals surface area contributed by atoms with E-state index in [0.29, 0.717) is 30.9 Å². The summed E-state index contributed by atoms with van der Waals surface area (Å²) in [5, 5.41) is 10.9. The second-order valence-corrected chi connectivity index (χ2v) is 6.83. The third kappa shape index (κ3) is 3.67. The number of anilines is 1. The van der Waals surface area contributed by atoms with E-state index in [0.717, 1.165) is 11.8 Å². The van der Waals surface area contributed by atoms with Gasteiger partial charge in [-0.1, -0.05) is 29.8 Å². The van der Waals surface area contributed by atoms with E-state index >= 15 is 0 Å². The Morgan fingerprint density at radius 2 is 2.08 bits per heavy atom. The van der Waals surface area contributed by atoms with Crippen LogP contribution in [0.1, 0.15) is 24.0 Å². The maximum absolute atomic E-state index is 14.4. The van der Waals surface area contributed by atoms with Gasteiger partial charge < -0.3 is 10.1 Å². The van der Waals surface area contributed by atoms with Crippen LogP contribution in [0.4, 0.5) is 10.2 Å². The van der Waals surface area contributed by atoms with Crippen LogP contribution >= 0.6 is 0 Å². The van der Waals surface area contributed by atoms with Crippen LogP contribution < -0.4 is 5.32 Å². The number of aromatic nitrogens is 4. The van der Waals surface area contributed by atoms with Gasteiger partial charge in [-0.25, -0.2) is 14.4 Å². The summed E-state index contributed by atoms with van der Waals surface area (Å²) in [6.07, 6.45) is 3.64. The van der Waals surface area contributed by atoms with Gasteiger partial charge in [0, 0.05) is 12.5 Å². The fraction of sp³-hybridized carbons (Fsp3) is 0.421. The van der Waals surface area contributed by atoms with Gasteiger partial charge in [0.1, 0.15) is 18.3 Å². The Balaban J connectivity index is 1.31. The first-order valence-corrected chi connectivity index (χ1v) is 8.91. The van der Waals surface area contributed by atoms with E-state index in [1.54, 1.807) is 6.20 Å². The second-order valence-electron chi connectivity index (χ2n) is 6.83. The Morgan fingerprint density at radius 3 is 2.92 bits per heavy atom. The first kappa shape index (κ1) is 16.9. The standard InChI is InChI=1S/C19H22FN5O/c1-12-2-4-13(5-3-12)6-7-26-17-9-14(8-16(17)20)24-18-15-10-23-25-19(15)22-11-21-18/h2-5,10-11,14,16-17H,6-9H2,1H3,(H2,21,22,23,24,25)/t14?,16?,17-/m1/s1. The Hall–Kier alpha value is -2.54. The lowest BCUT2D eigenvalue weighted by Gasteiger charge is -2.15. The van der Waals surface area contributed by atoms with Crippen molar-refractivity contribution in [2.45, 2.75) is 44.5 Å². The van der Waals surface area contributed by atoms with Gasteiger partial charge in [-0.3, -0.25) is 5.10 Å². The van der Waals surface area contributed by atoms with Crippen LogP contribution in [0.25, 0.3) is 11.0 Å². The van der Waals surface area contributed by atoms with Gasteiger partial charge in [-0.15, -0.1) is 0 Å². The molecule has 0 spiro atoms. The molecule has 136 valence electrons. The Kier molecular flexibility index (Phi) is 4.79. The monoisotopic (exact) mass is 355 g/mol. The smallest absolute Gasteiger partial charge is 0.160 e. The normalized spacial score (nSPS) is 22.8. The van der Waals surface area contributed by atoms with Crippen molar-refractivity contribution in [1.82, 2.24) is 20.2 Å². The molecule has 2 N–H and O–H groups in total. The molecule has 3 aromatic rings. The molecule has 1 aliphatic carbocycles. The molecule has 3 atom stereocenters. The van der Waals surface area contributed by atoms with Gasteiger partial charge in [-0.05, 0) is 25.3 Å². The molecule has 4 rings (SSSR count). The van der Waals surface area contributed by atoms with E-state index in [1.165, 1.54) is 17.5 Å². The number of alkyl halides is 1. The van der Waals surface area contributed by atoms with Gasteiger partial charge in [0.25, 0.3) is 0 Å². The highest BCUT2D eigenvalue weighted by Crippen LogP contribution is 2.29. The largest absolute Gasteiger partial charge is 0.375 e. The molecule has 0 radical (unpaired) electrons. The van der Waals surface area contributed by atoms with Crippen LogP contribution in [-0.4, -0.2) is 45.1 Å². The van der Waals surface area contributed by atoms with Crippen molar-refractivity contribution < 1.29 is 9.13 Å². The Morgan fingerprint density at radius 1 is 1.23 bits per heavy atom. The quantitative estimate of drug-likeness (QED) is 0.710. The van der Waals surface area contributed by atoms with Gasteiger partial charge in [-0.2, -0.15) is 5.10 Å².